The highest BCUT2D eigenvalue weighted by Gasteiger charge is 2.37. The molecule has 21 heavy (non-hydrogen) atoms. The molecule has 0 amide bonds. The Bertz CT molecular complexity index is 685. The first-order valence-electron chi connectivity index (χ1n) is 6.84. The van der Waals surface area contributed by atoms with E-state index in [9.17, 15) is 18.3 Å². The summed E-state index contributed by atoms with van der Waals surface area (Å²) in [5, 5.41) is 9.27. The number of fused-ring (bicyclic) bond motifs is 1. The second kappa shape index (κ2) is 5.08. The van der Waals surface area contributed by atoms with Gasteiger partial charge in [-0.3, -0.25) is 0 Å². The molecule has 0 saturated carbocycles. The van der Waals surface area contributed by atoms with Gasteiger partial charge < -0.3 is 9.84 Å². The standard InChI is InChI=1S/C14H17NO5S/c1-9-5-15(6-11(9)7-16)21(18,19)12-3-2-10-8-20-14(17)13(10)4-12/h2-4,9,11,16H,5-8H2,1H3/t9-,11+/m1/s1. The molecule has 6 nitrogen and oxygen atoms in total. The fourth-order valence-corrected chi connectivity index (χ4v) is 4.45. The average molecular weight is 311 g/mol. The van der Waals surface area contributed by atoms with E-state index in [-0.39, 0.29) is 29.9 Å². The number of aliphatic hydroxyl groups excluding tert-OH is 1. The van der Waals surface area contributed by atoms with Crippen LogP contribution >= 0.6 is 0 Å². The van der Waals surface area contributed by atoms with Crippen molar-refractivity contribution < 1.29 is 23.1 Å². The molecule has 2 atom stereocenters. The number of carbonyl (C=O) groups excluding carboxylic acids is 1. The summed E-state index contributed by atoms with van der Waals surface area (Å²) in [7, 11) is -3.65. The van der Waals surface area contributed by atoms with Crippen LogP contribution < -0.4 is 0 Å². The van der Waals surface area contributed by atoms with E-state index in [4.69, 9.17) is 4.74 Å². The topological polar surface area (TPSA) is 83.9 Å². The van der Waals surface area contributed by atoms with Crippen LogP contribution in [0.4, 0.5) is 0 Å². The van der Waals surface area contributed by atoms with Crippen molar-refractivity contribution in [3.63, 3.8) is 0 Å². The quantitative estimate of drug-likeness (QED) is 0.827. The molecule has 1 N–H and O–H groups in total. The van der Waals surface area contributed by atoms with Gasteiger partial charge in [-0.05, 0) is 24.0 Å². The predicted molar refractivity (Wildman–Crippen MR) is 74.1 cm³/mol. The summed E-state index contributed by atoms with van der Waals surface area (Å²) in [5.41, 5.74) is 1.03. The van der Waals surface area contributed by atoms with Crippen LogP contribution in [0, 0.1) is 11.8 Å². The summed E-state index contributed by atoms with van der Waals surface area (Å²) in [6, 6.07) is 4.51. The molecule has 0 aliphatic carbocycles. The third-order valence-corrected chi connectivity index (χ3v) is 6.09. The second-order valence-corrected chi connectivity index (χ2v) is 7.57. The zero-order valence-electron chi connectivity index (χ0n) is 11.7. The Balaban J connectivity index is 1.93. The smallest absolute Gasteiger partial charge is 0.338 e. The lowest BCUT2D eigenvalue weighted by Gasteiger charge is -2.16. The number of sulfonamides is 1. The highest BCUT2D eigenvalue weighted by atomic mass is 32.2. The third-order valence-electron chi connectivity index (χ3n) is 4.27. The van der Waals surface area contributed by atoms with E-state index in [0.29, 0.717) is 24.2 Å². The van der Waals surface area contributed by atoms with Gasteiger partial charge in [0, 0.05) is 25.3 Å². The van der Waals surface area contributed by atoms with E-state index < -0.39 is 16.0 Å². The van der Waals surface area contributed by atoms with Gasteiger partial charge in [-0.1, -0.05) is 13.0 Å². The number of aliphatic hydroxyl groups is 1. The highest BCUT2D eigenvalue weighted by molar-refractivity contribution is 7.89. The second-order valence-electron chi connectivity index (χ2n) is 5.64. The molecule has 3 rings (SSSR count). The van der Waals surface area contributed by atoms with Gasteiger partial charge >= 0.3 is 5.97 Å². The van der Waals surface area contributed by atoms with Crippen molar-refractivity contribution in [1.29, 1.82) is 0 Å². The molecule has 2 aliphatic heterocycles. The fourth-order valence-electron chi connectivity index (χ4n) is 2.82. The molecule has 7 heteroatoms. The van der Waals surface area contributed by atoms with Crippen molar-refractivity contribution in [3.8, 4) is 0 Å². The largest absolute Gasteiger partial charge is 0.457 e. The molecule has 1 aromatic rings. The minimum Gasteiger partial charge on any atom is -0.457 e. The molecule has 0 radical (unpaired) electrons. The first-order valence-corrected chi connectivity index (χ1v) is 8.28. The van der Waals surface area contributed by atoms with Crippen molar-refractivity contribution in [2.45, 2.75) is 18.4 Å². The molecular weight excluding hydrogens is 294 g/mol. The molecule has 0 bridgehead atoms. The SMILES string of the molecule is C[C@@H]1CN(S(=O)(=O)c2ccc3c(c2)C(=O)OC3)C[C@H]1CO. The van der Waals surface area contributed by atoms with E-state index in [2.05, 4.69) is 0 Å². The summed E-state index contributed by atoms with van der Waals surface area (Å²) in [4.78, 5) is 11.7. The maximum Gasteiger partial charge on any atom is 0.338 e. The maximum atomic E-state index is 12.6. The molecule has 0 aromatic heterocycles. The summed E-state index contributed by atoms with van der Waals surface area (Å²) >= 11 is 0. The van der Waals surface area contributed by atoms with Gasteiger partial charge in [0.25, 0.3) is 0 Å². The van der Waals surface area contributed by atoms with Crippen LogP contribution in [0.5, 0.6) is 0 Å². The predicted octanol–water partition coefficient (Wildman–Crippen LogP) is 0.606. The van der Waals surface area contributed by atoms with Crippen LogP contribution in [0.25, 0.3) is 0 Å². The van der Waals surface area contributed by atoms with Gasteiger partial charge in [-0.25, -0.2) is 13.2 Å². The molecule has 2 aliphatic rings. The Morgan fingerprint density at radius 2 is 2.14 bits per heavy atom. The number of rotatable bonds is 3. The number of carbonyl (C=O) groups is 1. The molecule has 114 valence electrons. The fraction of sp³-hybridized carbons (Fsp3) is 0.500. The Hall–Kier alpha value is -1.44. The van der Waals surface area contributed by atoms with E-state index in [0.717, 1.165) is 0 Å². The van der Waals surface area contributed by atoms with Gasteiger partial charge in [0.1, 0.15) is 6.61 Å². The molecule has 2 heterocycles. The van der Waals surface area contributed by atoms with Crippen LogP contribution in [0.2, 0.25) is 0 Å². The molecule has 1 fully saturated rings. The van der Waals surface area contributed by atoms with Crippen molar-refractivity contribution in [3.05, 3.63) is 29.3 Å². The lowest BCUT2D eigenvalue weighted by molar-refractivity contribution is 0.0535. The Morgan fingerprint density at radius 3 is 2.81 bits per heavy atom. The normalized spacial score (nSPS) is 25.9. The van der Waals surface area contributed by atoms with Crippen LogP contribution in [-0.2, 0) is 21.4 Å². The van der Waals surface area contributed by atoms with Gasteiger partial charge in [0.15, 0.2) is 0 Å². The molecule has 1 aromatic carbocycles. The molecule has 0 unspecified atom stereocenters. The van der Waals surface area contributed by atoms with Gasteiger partial charge in [-0.2, -0.15) is 4.31 Å². The average Bonchev–Trinajstić information content (AvgIpc) is 3.02. The summed E-state index contributed by atoms with van der Waals surface area (Å²) in [5.74, 6) is -0.409. The van der Waals surface area contributed by atoms with Crippen molar-refractivity contribution >= 4 is 16.0 Å². The summed E-state index contributed by atoms with van der Waals surface area (Å²) in [6.45, 7) is 2.79. The molecular formula is C14H17NO5S. The lowest BCUT2D eigenvalue weighted by atomic mass is 10.00. The van der Waals surface area contributed by atoms with Crippen molar-refractivity contribution in [1.82, 2.24) is 4.31 Å². The van der Waals surface area contributed by atoms with Crippen molar-refractivity contribution in [2.24, 2.45) is 11.8 Å². The Morgan fingerprint density at radius 1 is 1.38 bits per heavy atom. The van der Waals surface area contributed by atoms with Crippen LogP contribution in [0.3, 0.4) is 0 Å². The highest BCUT2D eigenvalue weighted by Crippen LogP contribution is 2.30. The number of hydrogen-bond donors (Lipinski definition) is 1. The summed E-state index contributed by atoms with van der Waals surface area (Å²) < 4.78 is 31.5. The van der Waals surface area contributed by atoms with Gasteiger partial charge in [0.05, 0.1) is 10.5 Å². The number of esters is 1. The van der Waals surface area contributed by atoms with Crippen molar-refractivity contribution in [2.75, 3.05) is 19.7 Å². The third kappa shape index (κ3) is 2.35. The number of hydrogen-bond acceptors (Lipinski definition) is 5. The Labute approximate surface area is 123 Å². The number of nitrogens with zero attached hydrogens (tertiary/aromatic N) is 1. The zero-order valence-corrected chi connectivity index (χ0v) is 12.5. The van der Waals surface area contributed by atoms with Gasteiger partial charge in [-0.15, -0.1) is 0 Å². The van der Waals surface area contributed by atoms with Crippen LogP contribution in [-0.4, -0.2) is 43.5 Å². The maximum absolute atomic E-state index is 12.6. The minimum absolute atomic E-state index is 0.0241. The minimum atomic E-state index is -3.65. The van der Waals surface area contributed by atoms with E-state index in [1.54, 1.807) is 6.07 Å². The first kappa shape index (κ1) is 14.5. The first-order chi connectivity index (χ1) is 9.93. The number of cyclic esters (lactones) is 1. The Kier molecular flexibility index (Phi) is 3.51. The monoisotopic (exact) mass is 311 g/mol. The van der Waals surface area contributed by atoms with Gasteiger partial charge in [0.2, 0.25) is 10.0 Å². The zero-order chi connectivity index (χ0) is 15.2. The van der Waals surface area contributed by atoms with Crippen LogP contribution in [0.15, 0.2) is 23.1 Å². The van der Waals surface area contributed by atoms with E-state index in [1.807, 2.05) is 6.92 Å². The van der Waals surface area contributed by atoms with E-state index >= 15 is 0 Å². The summed E-state index contributed by atoms with van der Waals surface area (Å²) in [6.07, 6.45) is 0. The molecule has 0 spiro atoms. The number of ether oxygens (including phenoxy) is 1. The lowest BCUT2D eigenvalue weighted by Crippen LogP contribution is -2.29. The van der Waals surface area contributed by atoms with E-state index in [1.165, 1.54) is 16.4 Å². The number of benzene rings is 1. The molecule has 1 saturated heterocycles. The van der Waals surface area contributed by atoms with Crippen LogP contribution in [0.1, 0.15) is 22.8 Å².